The molecular formula is C17H24N2O4. The molecule has 2 aromatic rings. The summed E-state index contributed by atoms with van der Waals surface area (Å²) in [6.07, 6.45) is 1.51. The van der Waals surface area contributed by atoms with Gasteiger partial charge in [0.05, 0.1) is 12.2 Å². The highest BCUT2D eigenvalue weighted by molar-refractivity contribution is 5.96. The molecule has 0 radical (unpaired) electrons. The van der Waals surface area contributed by atoms with Gasteiger partial charge in [-0.2, -0.15) is 0 Å². The predicted octanol–water partition coefficient (Wildman–Crippen LogP) is 2.78. The van der Waals surface area contributed by atoms with Gasteiger partial charge in [-0.1, -0.05) is 12.1 Å². The third-order valence-corrected chi connectivity index (χ3v) is 3.85. The Balaban J connectivity index is 2.12. The van der Waals surface area contributed by atoms with E-state index in [1.807, 2.05) is 13.8 Å². The number of aliphatic hydroxyl groups is 1. The summed E-state index contributed by atoms with van der Waals surface area (Å²) in [6, 6.07) is 1.79. The van der Waals surface area contributed by atoms with Crippen molar-refractivity contribution in [1.82, 2.24) is 10.5 Å². The summed E-state index contributed by atoms with van der Waals surface area (Å²) in [7, 11) is 0. The van der Waals surface area contributed by atoms with Gasteiger partial charge in [-0.15, -0.1) is 0 Å². The van der Waals surface area contributed by atoms with Gasteiger partial charge in [0.2, 0.25) is 0 Å². The van der Waals surface area contributed by atoms with Gasteiger partial charge in [0.25, 0.3) is 5.91 Å². The van der Waals surface area contributed by atoms with Crippen LogP contribution in [-0.4, -0.2) is 22.7 Å². The lowest BCUT2D eigenvalue weighted by Gasteiger charge is -2.23. The zero-order valence-electron chi connectivity index (χ0n) is 14.3. The normalized spacial score (nSPS) is 13.8. The summed E-state index contributed by atoms with van der Waals surface area (Å²) in [5.74, 6) is 1.67. The number of aromatic nitrogens is 1. The molecule has 2 aromatic heterocycles. The second-order valence-electron chi connectivity index (χ2n) is 6.10. The molecule has 0 unspecified atom stereocenters. The minimum atomic E-state index is -1.21. The van der Waals surface area contributed by atoms with Gasteiger partial charge in [0.15, 0.2) is 0 Å². The number of furan rings is 1. The van der Waals surface area contributed by atoms with Crippen LogP contribution in [0.3, 0.4) is 0 Å². The van der Waals surface area contributed by atoms with Crippen LogP contribution in [0.5, 0.6) is 0 Å². The monoisotopic (exact) mass is 320 g/mol. The Hall–Kier alpha value is -2.08. The summed E-state index contributed by atoms with van der Waals surface area (Å²) < 4.78 is 10.7. The lowest BCUT2D eigenvalue weighted by atomic mass is 9.96. The number of hydrogen-bond acceptors (Lipinski definition) is 5. The summed E-state index contributed by atoms with van der Waals surface area (Å²) >= 11 is 0. The van der Waals surface area contributed by atoms with Crippen molar-refractivity contribution in [2.45, 2.75) is 53.1 Å². The first kappa shape index (κ1) is 17.3. The van der Waals surface area contributed by atoms with Gasteiger partial charge in [-0.25, -0.2) is 0 Å². The standard InChI is InChI=1S/C17H24N2O4/c1-6-7-14-15(11(3)19-23-14)16(20)18-9-17(5,21)13-8-10(2)22-12(13)4/h8,21H,6-7,9H2,1-5H3,(H,18,20)/t17-/m1/s1. The SMILES string of the molecule is CCCc1onc(C)c1C(=O)NC[C@@](C)(O)c1cc(C)oc1C. The van der Waals surface area contributed by atoms with E-state index in [0.29, 0.717) is 34.8 Å². The van der Waals surface area contributed by atoms with Crippen molar-refractivity contribution in [2.24, 2.45) is 0 Å². The van der Waals surface area contributed by atoms with Crippen LogP contribution in [0.2, 0.25) is 0 Å². The largest absolute Gasteiger partial charge is 0.466 e. The average Bonchev–Trinajstić information content (AvgIpc) is 3.00. The molecule has 0 aliphatic carbocycles. The van der Waals surface area contributed by atoms with E-state index in [-0.39, 0.29) is 12.5 Å². The van der Waals surface area contributed by atoms with Crippen molar-refractivity contribution in [1.29, 1.82) is 0 Å². The van der Waals surface area contributed by atoms with Gasteiger partial charge in [-0.05, 0) is 40.2 Å². The van der Waals surface area contributed by atoms with Gasteiger partial charge in [0.1, 0.15) is 28.4 Å². The zero-order valence-corrected chi connectivity index (χ0v) is 14.3. The van der Waals surface area contributed by atoms with Crippen molar-refractivity contribution in [3.63, 3.8) is 0 Å². The fourth-order valence-electron chi connectivity index (χ4n) is 2.71. The van der Waals surface area contributed by atoms with E-state index in [0.717, 1.165) is 12.2 Å². The first-order valence-corrected chi connectivity index (χ1v) is 7.79. The van der Waals surface area contributed by atoms with Crippen LogP contribution in [0.25, 0.3) is 0 Å². The van der Waals surface area contributed by atoms with E-state index in [1.165, 1.54) is 0 Å². The first-order chi connectivity index (χ1) is 10.8. The molecular weight excluding hydrogens is 296 g/mol. The maximum atomic E-state index is 12.4. The molecule has 0 spiro atoms. The molecule has 0 bridgehead atoms. The lowest BCUT2D eigenvalue weighted by molar-refractivity contribution is 0.0513. The molecule has 126 valence electrons. The van der Waals surface area contributed by atoms with Crippen molar-refractivity contribution in [3.05, 3.63) is 40.2 Å². The van der Waals surface area contributed by atoms with E-state index >= 15 is 0 Å². The van der Waals surface area contributed by atoms with Gasteiger partial charge in [-0.3, -0.25) is 4.79 Å². The molecule has 2 N–H and O–H groups in total. The quantitative estimate of drug-likeness (QED) is 0.854. The van der Waals surface area contributed by atoms with Crippen LogP contribution >= 0.6 is 0 Å². The van der Waals surface area contributed by atoms with Crippen LogP contribution < -0.4 is 5.32 Å². The predicted molar refractivity (Wildman–Crippen MR) is 85.3 cm³/mol. The van der Waals surface area contributed by atoms with Crippen LogP contribution in [0.1, 0.15) is 59.2 Å². The molecule has 6 nitrogen and oxygen atoms in total. The Morgan fingerprint density at radius 2 is 2.09 bits per heavy atom. The first-order valence-electron chi connectivity index (χ1n) is 7.79. The number of carbonyl (C=O) groups excluding carboxylic acids is 1. The smallest absolute Gasteiger partial charge is 0.256 e. The number of hydrogen-bond donors (Lipinski definition) is 2. The fraction of sp³-hybridized carbons (Fsp3) is 0.529. The van der Waals surface area contributed by atoms with E-state index in [2.05, 4.69) is 10.5 Å². The molecule has 0 aliphatic rings. The van der Waals surface area contributed by atoms with Gasteiger partial charge < -0.3 is 19.4 Å². The van der Waals surface area contributed by atoms with Crippen LogP contribution in [0, 0.1) is 20.8 Å². The maximum Gasteiger partial charge on any atom is 0.256 e. The van der Waals surface area contributed by atoms with Gasteiger partial charge in [0, 0.05) is 12.0 Å². The number of nitrogens with one attached hydrogen (secondary N) is 1. The highest BCUT2D eigenvalue weighted by Crippen LogP contribution is 2.26. The highest BCUT2D eigenvalue weighted by Gasteiger charge is 2.29. The van der Waals surface area contributed by atoms with Crippen molar-refractivity contribution in [3.8, 4) is 0 Å². The molecule has 0 fully saturated rings. The molecule has 0 aliphatic heterocycles. The second-order valence-corrected chi connectivity index (χ2v) is 6.10. The molecule has 0 aromatic carbocycles. The van der Waals surface area contributed by atoms with Crippen LogP contribution in [0.4, 0.5) is 0 Å². The minimum Gasteiger partial charge on any atom is -0.466 e. The molecule has 1 atom stereocenters. The van der Waals surface area contributed by atoms with Crippen molar-refractivity contribution in [2.75, 3.05) is 6.54 Å². The lowest BCUT2D eigenvalue weighted by Crippen LogP contribution is -2.39. The minimum absolute atomic E-state index is 0.0713. The Labute approximate surface area is 135 Å². The second kappa shape index (κ2) is 6.58. The number of amides is 1. The number of aryl methyl sites for hydroxylation is 4. The van der Waals surface area contributed by atoms with E-state index < -0.39 is 5.60 Å². The molecule has 2 rings (SSSR count). The third-order valence-electron chi connectivity index (χ3n) is 3.85. The summed E-state index contributed by atoms with van der Waals surface area (Å²) in [5, 5.41) is 17.3. The number of rotatable bonds is 6. The highest BCUT2D eigenvalue weighted by atomic mass is 16.5. The Morgan fingerprint density at radius 1 is 1.39 bits per heavy atom. The van der Waals surface area contributed by atoms with E-state index in [4.69, 9.17) is 8.94 Å². The maximum absolute atomic E-state index is 12.4. The van der Waals surface area contributed by atoms with E-state index in [1.54, 1.807) is 26.8 Å². The van der Waals surface area contributed by atoms with Crippen LogP contribution in [0.15, 0.2) is 15.0 Å². The van der Waals surface area contributed by atoms with E-state index in [9.17, 15) is 9.90 Å². The Bertz CT molecular complexity index is 698. The van der Waals surface area contributed by atoms with Gasteiger partial charge >= 0.3 is 0 Å². The molecule has 23 heavy (non-hydrogen) atoms. The summed E-state index contributed by atoms with van der Waals surface area (Å²) in [5.41, 5.74) is 0.475. The zero-order chi connectivity index (χ0) is 17.2. The number of carbonyl (C=O) groups is 1. The van der Waals surface area contributed by atoms with Crippen molar-refractivity contribution < 1.29 is 18.8 Å². The Kier molecular flexibility index (Phi) is 4.94. The number of nitrogens with zero attached hydrogens (tertiary/aromatic N) is 1. The summed E-state index contributed by atoms with van der Waals surface area (Å²) in [4.78, 5) is 12.4. The topological polar surface area (TPSA) is 88.5 Å². The van der Waals surface area contributed by atoms with Crippen LogP contribution in [-0.2, 0) is 12.0 Å². The fourth-order valence-corrected chi connectivity index (χ4v) is 2.71. The molecule has 6 heteroatoms. The average molecular weight is 320 g/mol. The molecule has 2 heterocycles. The molecule has 0 saturated heterocycles. The molecule has 1 amide bonds. The molecule has 0 saturated carbocycles. The third kappa shape index (κ3) is 3.64. The summed E-state index contributed by atoms with van der Waals surface area (Å²) in [6.45, 7) is 9.08. The van der Waals surface area contributed by atoms with Crippen molar-refractivity contribution >= 4 is 5.91 Å². The Morgan fingerprint density at radius 3 is 2.65 bits per heavy atom.